The molecule has 2 aliphatic rings. The van der Waals surface area contributed by atoms with Crippen molar-refractivity contribution in [3.8, 4) is 0 Å². The van der Waals surface area contributed by atoms with E-state index < -0.39 is 0 Å². The monoisotopic (exact) mass is 277 g/mol. The van der Waals surface area contributed by atoms with Crippen molar-refractivity contribution in [3.63, 3.8) is 0 Å². The Morgan fingerprint density at radius 3 is 2.55 bits per heavy atom. The number of oxazole rings is 1. The van der Waals surface area contributed by atoms with Gasteiger partial charge in [0.15, 0.2) is 5.89 Å². The molecule has 1 atom stereocenters. The molecular weight excluding hydrogens is 250 g/mol. The van der Waals surface area contributed by atoms with Crippen LogP contribution in [-0.4, -0.2) is 47.0 Å². The maximum atomic E-state index is 5.29. The van der Waals surface area contributed by atoms with Gasteiger partial charge in [0.2, 0.25) is 0 Å². The van der Waals surface area contributed by atoms with Gasteiger partial charge < -0.3 is 9.32 Å². The third kappa shape index (κ3) is 3.23. The average molecular weight is 277 g/mol. The molecule has 2 fully saturated rings. The first-order valence-corrected chi connectivity index (χ1v) is 8.10. The first kappa shape index (κ1) is 14.1. The van der Waals surface area contributed by atoms with E-state index in [-0.39, 0.29) is 0 Å². The standard InChI is InChI=1S/C16H27N3O/c1-13(19-7-3-4-8-19)15-5-9-18(10-6-15)11-16-12-20-14(2)17-16/h12-13,15H,3-11H2,1-2H3/t13-/m1/s1. The van der Waals surface area contributed by atoms with E-state index in [0.717, 1.165) is 30.1 Å². The zero-order valence-electron chi connectivity index (χ0n) is 12.8. The molecule has 1 aromatic rings. The van der Waals surface area contributed by atoms with E-state index in [4.69, 9.17) is 4.42 Å². The van der Waals surface area contributed by atoms with Crippen molar-refractivity contribution in [1.82, 2.24) is 14.8 Å². The molecule has 20 heavy (non-hydrogen) atoms. The van der Waals surface area contributed by atoms with Crippen molar-refractivity contribution in [1.29, 1.82) is 0 Å². The second-order valence-electron chi connectivity index (χ2n) is 6.46. The molecule has 3 heterocycles. The SMILES string of the molecule is Cc1nc(CN2CCC([C@@H](C)N3CCCC3)CC2)co1. The number of hydrogen-bond donors (Lipinski definition) is 0. The predicted octanol–water partition coefficient (Wildman–Crippen LogP) is 2.68. The number of nitrogens with zero attached hydrogens (tertiary/aromatic N) is 3. The summed E-state index contributed by atoms with van der Waals surface area (Å²) in [6, 6.07) is 0.772. The molecule has 3 rings (SSSR count). The summed E-state index contributed by atoms with van der Waals surface area (Å²) in [5, 5.41) is 0. The second-order valence-corrected chi connectivity index (χ2v) is 6.46. The van der Waals surface area contributed by atoms with Crippen LogP contribution in [0.3, 0.4) is 0 Å². The van der Waals surface area contributed by atoms with Crippen molar-refractivity contribution in [2.45, 2.75) is 52.1 Å². The summed E-state index contributed by atoms with van der Waals surface area (Å²) in [5.74, 6) is 1.65. The highest BCUT2D eigenvalue weighted by atomic mass is 16.3. The Balaban J connectivity index is 1.46. The van der Waals surface area contributed by atoms with E-state index in [2.05, 4.69) is 21.7 Å². The van der Waals surface area contributed by atoms with Crippen LogP contribution in [0.4, 0.5) is 0 Å². The zero-order chi connectivity index (χ0) is 13.9. The van der Waals surface area contributed by atoms with Crippen molar-refractivity contribution in [3.05, 3.63) is 17.8 Å². The van der Waals surface area contributed by atoms with Crippen LogP contribution in [0.15, 0.2) is 10.7 Å². The summed E-state index contributed by atoms with van der Waals surface area (Å²) >= 11 is 0. The second kappa shape index (κ2) is 6.27. The van der Waals surface area contributed by atoms with Gasteiger partial charge in [-0.3, -0.25) is 4.90 Å². The fraction of sp³-hybridized carbons (Fsp3) is 0.812. The summed E-state index contributed by atoms with van der Waals surface area (Å²) in [4.78, 5) is 9.62. The molecule has 0 bridgehead atoms. The number of piperidine rings is 1. The fourth-order valence-electron chi connectivity index (χ4n) is 3.75. The third-order valence-corrected chi connectivity index (χ3v) is 5.08. The number of aromatic nitrogens is 1. The summed E-state index contributed by atoms with van der Waals surface area (Å²) in [7, 11) is 0. The van der Waals surface area contributed by atoms with Gasteiger partial charge in [-0.25, -0.2) is 4.98 Å². The quantitative estimate of drug-likeness (QED) is 0.847. The summed E-state index contributed by atoms with van der Waals surface area (Å²) in [6.07, 6.45) is 7.25. The van der Waals surface area contributed by atoms with Crippen LogP contribution in [-0.2, 0) is 6.54 Å². The van der Waals surface area contributed by atoms with Gasteiger partial charge in [-0.2, -0.15) is 0 Å². The third-order valence-electron chi connectivity index (χ3n) is 5.08. The van der Waals surface area contributed by atoms with Gasteiger partial charge in [0.25, 0.3) is 0 Å². The van der Waals surface area contributed by atoms with Gasteiger partial charge in [0.05, 0.1) is 5.69 Å². The van der Waals surface area contributed by atoms with Crippen LogP contribution in [0.2, 0.25) is 0 Å². The van der Waals surface area contributed by atoms with E-state index in [0.29, 0.717) is 0 Å². The smallest absolute Gasteiger partial charge is 0.191 e. The highest BCUT2D eigenvalue weighted by molar-refractivity contribution is 4.96. The topological polar surface area (TPSA) is 32.5 Å². The molecule has 0 radical (unpaired) electrons. The number of rotatable bonds is 4. The Bertz CT molecular complexity index is 417. The first-order chi connectivity index (χ1) is 9.72. The lowest BCUT2D eigenvalue weighted by molar-refractivity contribution is 0.107. The van der Waals surface area contributed by atoms with Crippen LogP contribution < -0.4 is 0 Å². The van der Waals surface area contributed by atoms with Gasteiger partial charge >= 0.3 is 0 Å². The van der Waals surface area contributed by atoms with Crippen LogP contribution in [0.1, 0.15) is 44.2 Å². The summed E-state index contributed by atoms with van der Waals surface area (Å²) in [6.45, 7) is 10.3. The Hall–Kier alpha value is -0.870. The summed E-state index contributed by atoms with van der Waals surface area (Å²) < 4.78 is 5.29. The van der Waals surface area contributed by atoms with Crippen LogP contribution >= 0.6 is 0 Å². The van der Waals surface area contributed by atoms with E-state index in [1.54, 1.807) is 6.26 Å². The molecule has 0 unspecified atom stereocenters. The molecule has 0 aromatic carbocycles. The Labute approximate surface area is 122 Å². The van der Waals surface area contributed by atoms with E-state index >= 15 is 0 Å². The minimum absolute atomic E-state index is 0.772. The first-order valence-electron chi connectivity index (χ1n) is 8.10. The van der Waals surface area contributed by atoms with Crippen molar-refractivity contribution < 1.29 is 4.42 Å². The lowest BCUT2D eigenvalue weighted by Gasteiger charge is -2.38. The largest absolute Gasteiger partial charge is 0.449 e. The Kier molecular flexibility index (Phi) is 4.41. The minimum atomic E-state index is 0.772. The molecule has 4 nitrogen and oxygen atoms in total. The highest BCUT2D eigenvalue weighted by Gasteiger charge is 2.29. The zero-order valence-corrected chi connectivity index (χ0v) is 12.8. The molecule has 0 saturated carbocycles. The fourth-order valence-corrected chi connectivity index (χ4v) is 3.75. The molecule has 2 aliphatic heterocycles. The molecule has 0 aliphatic carbocycles. The summed E-state index contributed by atoms with van der Waals surface area (Å²) in [5.41, 5.74) is 1.08. The van der Waals surface area contributed by atoms with Crippen molar-refractivity contribution >= 4 is 0 Å². The molecule has 2 saturated heterocycles. The lowest BCUT2D eigenvalue weighted by atomic mass is 9.89. The molecule has 0 N–H and O–H groups in total. The minimum Gasteiger partial charge on any atom is -0.449 e. The Morgan fingerprint density at radius 1 is 1.25 bits per heavy atom. The van der Waals surface area contributed by atoms with Crippen LogP contribution in [0.25, 0.3) is 0 Å². The molecule has 1 aromatic heterocycles. The molecule has 0 amide bonds. The molecule has 4 heteroatoms. The maximum absolute atomic E-state index is 5.29. The normalized spacial score (nSPS) is 24.3. The van der Waals surface area contributed by atoms with E-state index in [1.165, 1.54) is 51.9 Å². The van der Waals surface area contributed by atoms with Gasteiger partial charge in [0.1, 0.15) is 6.26 Å². The number of aryl methyl sites for hydroxylation is 1. The van der Waals surface area contributed by atoms with Gasteiger partial charge in [-0.15, -0.1) is 0 Å². The van der Waals surface area contributed by atoms with Crippen molar-refractivity contribution in [2.24, 2.45) is 5.92 Å². The highest BCUT2D eigenvalue weighted by Crippen LogP contribution is 2.26. The van der Waals surface area contributed by atoms with Gasteiger partial charge in [-0.1, -0.05) is 0 Å². The lowest BCUT2D eigenvalue weighted by Crippen LogP contribution is -2.42. The number of hydrogen-bond acceptors (Lipinski definition) is 4. The molecule has 0 spiro atoms. The maximum Gasteiger partial charge on any atom is 0.191 e. The number of likely N-dealkylation sites (tertiary alicyclic amines) is 2. The molecule has 112 valence electrons. The van der Waals surface area contributed by atoms with Gasteiger partial charge in [0, 0.05) is 19.5 Å². The average Bonchev–Trinajstić information content (AvgIpc) is 3.11. The van der Waals surface area contributed by atoms with E-state index in [1.807, 2.05) is 6.92 Å². The van der Waals surface area contributed by atoms with Crippen LogP contribution in [0, 0.1) is 12.8 Å². The molecular formula is C16H27N3O. The van der Waals surface area contributed by atoms with Crippen molar-refractivity contribution in [2.75, 3.05) is 26.2 Å². The Morgan fingerprint density at radius 2 is 1.95 bits per heavy atom. The van der Waals surface area contributed by atoms with Crippen LogP contribution in [0.5, 0.6) is 0 Å². The predicted molar refractivity (Wildman–Crippen MR) is 79.5 cm³/mol. The van der Waals surface area contributed by atoms with Gasteiger partial charge in [-0.05, 0) is 64.7 Å². The van der Waals surface area contributed by atoms with E-state index in [9.17, 15) is 0 Å².